The molecule has 8 nitrogen and oxygen atoms in total. The first kappa shape index (κ1) is 28.4. The van der Waals surface area contributed by atoms with E-state index in [4.69, 9.17) is 14.7 Å². The third-order valence-electron chi connectivity index (χ3n) is 6.74. The molecule has 1 N–H and O–H groups in total. The van der Waals surface area contributed by atoms with Crippen molar-refractivity contribution in [2.45, 2.75) is 66.3 Å². The molecule has 0 aliphatic carbocycles. The molecule has 1 amide bonds. The van der Waals surface area contributed by atoms with Crippen molar-refractivity contribution >= 4 is 28.7 Å². The predicted molar refractivity (Wildman–Crippen MR) is 152 cm³/mol. The highest BCUT2D eigenvalue weighted by molar-refractivity contribution is 5.94. The number of carbonyl (C=O) groups excluding carboxylic acids is 1. The number of amides is 1. The number of ether oxygens (including phenoxy) is 1. The SMILES string of the molecule is C.CCCN(CCC)C(=O)c1ccc2nc(Nc3ccc(OC)cc3)n(CCCN3CCCCC3)c2n1. The quantitative estimate of drug-likeness (QED) is 0.325. The highest BCUT2D eigenvalue weighted by atomic mass is 16.5. The standard InChI is InChI=1S/C28H40N6O2.CH4/c1-4-16-33(17-5-2)27(35)25-15-14-24-26(30-25)34(21-9-20-32-18-7-6-8-19-32)28(31-24)29-22-10-12-23(36-3)13-11-22;/h10-15H,4-9,16-21H2,1-3H3,(H,29,31);1H4. The Morgan fingerprint density at radius 1 is 0.973 bits per heavy atom. The monoisotopic (exact) mass is 508 g/mol. The summed E-state index contributed by atoms with van der Waals surface area (Å²) in [6.45, 7) is 9.89. The van der Waals surface area contributed by atoms with E-state index in [0.29, 0.717) is 5.69 Å². The van der Waals surface area contributed by atoms with Crippen LogP contribution in [0.5, 0.6) is 5.75 Å². The number of piperidine rings is 1. The number of hydrogen-bond acceptors (Lipinski definition) is 6. The molecule has 1 aliphatic rings. The number of nitrogens with one attached hydrogen (secondary N) is 1. The number of nitrogens with zero attached hydrogens (tertiary/aromatic N) is 5. The Kier molecular flexibility index (Phi) is 10.7. The minimum absolute atomic E-state index is 0. The van der Waals surface area contributed by atoms with Gasteiger partial charge < -0.3 is 19.9 Å². The molecule has 1 fully saturated rings. The van der Waals surface area contributed by atoms with E-state index >= 15 is 0 Å². The van der Waals surface area contributed by atoms with Gasteiger partial charge in [0, 0.05) is 25.3 Å². The minimum Gasteiger partial charge on any atom is -0.497 e. The number of methoxy groups -OCH3 is 1. The number of fused-ring (bicyclic) bond motifs is 1. The van der Waals surface area contributed by atoms with Crippen molar-refractivity contribution in [3.8, 4) is 5.75 Å². The van der Waals surface area contributed by atoms with Gasteiger partial charge in [0.25, 0.3) is 5.91 Å². The molecule has 0 unspecified atom stereocenters. The fourth-order valence-electron chi connectivity index (χ4n) is 4.88. The second-order valence-electron chi connectivity index (χ2n) is 9.53. The van der Waals surface area contributed by atoms with Crippen molar-refractivity contribution in [1.29, 1.82) is 0 Å². The van der Waals surface area contributed by atoms with Crippen LogP contribution in [0.15, 0.2) is 36.4 Å². The number of carbonyl (C=O) groups is 1. The molecule has 0 radical (unpaired) electrons. The van der Waals surface area contributed by atoms with Crippen molar-refractivity contribution in [2.75, 3.05) is 45.2 Å². The summed E-state index contributed by atoms with van der Waals surface area (Å²) < 4.78 is 7.42. The summed E-state index contributed by atoms with van der Waals surface area (Å²) in [5.41, 5.74) is 2.95. The molecule has 0 atom stereocenters. The number of benzene rings is 1. The second-order valence-corrected chi connectivity index (χ2v) is 9.53. The van der Waals surface area contributed by atoms with E-state index < -0.39 is 0 Å². The van der Waals surface area contributed by atoms with Crippen LogP contribution in [0.3, 0.4) is 0 Å². The fraction of sp³-hybridized carbons (Fsp3) is 0.552. The van der Waals surface area contributed by atoms with Crippen LogP contribution in [0, 0.1) is 0 Å². The number of aromatic nitrogens is 3. The maximum absolute atomic E-state index is 13.3. The average Bonchev–Trinajstić information content (AvgIpc) is 3.25. The van der Waals surface area contributed by atoms with Crippen molar-refractivity contribution in [1.82, 2.24) is 24.3 Å². The van der Waals surface area contributed by atoms with Gasteiger partial charge in [-0.2, -0.15) is 0 Å². The Labute approximate surface area is 222 Å². The molecule has 0 bridgehead atoms. The first-order valence-electron chi connectivity index (χ1n) is 13.4. The summed E-state index contributed by atoms with van der Waals surface area (Å²) in [4.78, 5) is 27.4. The van der Waals surface area contributed by atoms with Crippen LogP contribution in [-0.4, -0.2) is 70.1 Å². The topological polar surface area (TPSA) is 75.5 Å². The van der Waals surface area contributed by atoms with Gasteiger partial charge in [-0.1, -0.05) is 27.7 Å². The summed E-state index contributed by atoms with van der Waals surface area (Å²) in [6, 6.07) is 11.5. The molecular formula is C29H44N6O2. The Bertz CT molecular complexity index is 1120. The van der Waals surface area contributed by atoms with Gasteiger partial charge in [-0.05, 0) is 88.1 Å². The predicted octanol–water partition coefficient (Wildman–Crippen LogP) is 5.96. The van der Waals surface area contributed by atoms with E-state index in [2.05, 4.69) is 28.6 Å². The van der Waals surface area contributed by atoms with Gasteiger partial charge in [0.05, 0.1) is 7.11 Å². The molecule has 202 valence electrons. The van der Waals surface area contributed by atoms with Crippen molar-refractivity contribution in [3.05, 3.63) is 42.1 Å². The Morgan fingerprint density at radius 3 is 2.32 bits per heavy atom. The van der Waals surface area contributed by atoms with Crippen LogP contribution >= 0.6 is 0 Å². The zero-order valence-corrected chi connectivity index (χ0v) is 22.0. The number of likely N-dealkylation sites (tertiary alicyclic amines) is 1. The van der Waals surface area contributed by atoms with Gasteiger partial charge in [0.2, 0.25) is 5.95 Å². The number of pyridine rings is 1. The van der Waals surface area contributed by atoms with Crippen molar-refractivity contribution < 1.29 is 9.53 Å². The molecule has 2 aromatic heterocycles. The lowest BCUT2D eigenvalue weighted by Gasteiger charge is -2.26. The molecule has 3 heterocycles. The van der Waals surface area contributed by atoms with Crippen LogP contribution in [0.2, 0.25) is 0 Å². The van der Waals surface area contributed by atoms with E-state index in [-0.39, 0.29) is 13.3 Å². The van der Waals surface area contributed by atoms with E-state index in [0.717, 1.165) is 74.0 Å². The summed E-state index contributed by atoms with van der Waals surface area (Å²) in [7, 11) is 1.66. The normalized spacial score (nSPS) is 13.8. The molecule has 4 rings (SSSR count). The molecule has 3 aromatic rings. The van der Waals surface area contributed by atoms with Crippen LogP contribution in [0.1, 0.15) is 70.3 Å². The van der Waals surface area contributed by atoms with Crippen LogP contribution < -0.4 is 10.1 Å². The lowest BCUT2D eigenvalue weighted by atomic mass is 10.1. The van der Waals surface area contributed by atoms with E-state index in [9.17, 15) is 4.79 Å². The Morgan fingerprint density at radius 2 is 1.68 bits per heavy atom. The zero-order chi connectivity index (χ0) is 25.3. The first-order chi connectivity index (χ1) is 17.6. The van der Waals surface area contributed by atoms with Gasteiger partial charge in [-0.15, -0.1) is 0 Å². The fourth-order valence-corrected chi connectivity index (χ4v) is 4.88. The second kappa shape index (κ2) is 14.0. The van der Waals surface area contributed by atoms with Crippen molar-refractivity contribution in [3.63, 3.8) is 0 Å². The lowest BCUT2D eigenvalue weighted by molar-refractivity contribution is 0.0750. The first-order valence-corrected chi connectivity index (χ1v) is 13.4. The van der Waals surface area contributed by atoms with Crippen LogP contribution in [0.25, 0.3) is 11.2 Å². The number of aryl methyl sites for hydroxylation is 1. The third kappa shape index (κ3) is 7.22. The smallest absolute Gasteiger partial charge is 0.272 e. The molecule has 1 saturated heterocycles. The molecule has 1 aromatic carbocycles. The van der Waals surface area contributed by atoms with E-state index in [1.807, 2.05) is 41.3 Å². The van der Waals surface area contributed by atoms with Gasteiger partial charge >= 0.3 is 0 Å². The van der Waals surface area contributed by atoms with Crippen LogP contribution in [-0.2, 0) is 6.54 Å². The Hall–Kier alpha value is -3.13. The lowest BCUT2D eigenvalue weighted by Crippen LogP contribution is -2.33. The molecule has 1 aliphatic heterocycles. The summed E-state index contributed by atoms with van der Waals surface area (Å²) in [5, 5.41) is 3.46. The van der Waals surface area contributed by atoms with E-state index in [1.54, 1.807) is 7.11 Å². The average molecular weight is 509 g/mol. The number of rotatable bonds is 12. The molecule has 0 saturated carbocycles. The zero-order valence-electron chi connectivity index (χ0n) is 22.0. The number of imidazole rings is 1. The maximum Gasteiger partial charge on any atom is 0.272 e. The summed E-state index contributed by atoms with van der Waals surface area (Å²) in [6.07, 6.45) is 6.78. The van der Waals surface area contributed by atoms with Gasteiger partial charge in [-0.25, -0.2) is 9.97 Å². The van der Waals surface area contributed by atoms with Crippen molar-refractivity contribution in [2.24, 2.45) is 0 Å². The Balaban J connectivity index is 0.00000380. The summed E-state index contributed by atoms with van der Waals surface area (Å²) >= 11 is 0. The largest absolute Gasteiger partial charge is 0.497 e. The van der Waals surface area contributed by atoms with Gasteiger partial charge in [0.1, 0.15) is 17.0 Å². The van der Waals surface area contributed by atoms with Gasteiger partial charge in [0.15, 0.2) is 5.65 Å². The van der Waals surface area contributed by atoms with Crippen LogP contribution in [0.4, 0.5) is 11.6 Å². The molecule has 37 heavy (non-hydrogen) atoms. The molecular weight excluding hydrogens is 464 g/mol. The third-order valence-corrected chi connectivity index (χ3v) is 6.74. The molecule has 8 heteroatoms. The highest BCUT2D eigenvalue weighted by Gasteiger charge is 2.20. The van der Waals surface area contributed by atoms with E-state index in [1.165, 1.54) is 32.4 Å². The minimum atomic E-state index is -0.00803. The summed E-state index contributed by atoms with van der Waals surface area (Å²) in [5.74, 6) is 1.54. The van der Waals surface area contributed by atoms with Gasteiger partial charge in [-0.3, -0.25) is 9.36 Å². The number of anilines is 2. The number of hydrogen-bond donors (Lipinski definition) is 1. The highest BCUT2D eigenvalue weighted by Crippen LogP contribution is 2.25. The molecule has 0 spiro atoms. The maximum atomic E-state index is 13.3.